The van der Waals surface area contributed by atoms with E-state index >= 15 is 4.39 Å². The molecule has 11 heteroatoms. The second-order valence-electron chi connectivity index (χ2n) is 10.6. The minimum absolute atomic E-state index is 0.0940. The van der Waals surface area contributed by atoms with Gasteiger partial charge in [-0.1, -0.05) is 24.2 Å². The Morgan fingerprint density at radius 1 is 1.12 bits per heavy atom. The molecule has 0 saturated carbocycles. The first-order valence-corrected chi connectivity index (χ1v) is 14.4. The number of H-pyrrole nitrogens is 1. The zero-order chi connectivity index (χ0) is 28.5. The molecule has 4 aromatic rings. The van der Waals surface area contributed by atoms with E-state index in [4.69, 9.17) is 26.3 Å². The number of halogens is 2. The number of morpholine rings is 1. The zero-order valence-electron chi connectivity index (χ0n) is 23.1. The minimum atomic E-state index is -0.470. The van der Waals surface area contributed by atoms with E-state index in [0.717, 1.165) is 55.7 Å². The van der Waals surface area contributed by atoms with Crippen molar-refractivity contribution in [2.45, 2.75) is 19.8 Å². The van der Waals surface area contributed by atoms with Gasteiger partial charge in [-0.15, -0.1) is 0 Å². The van der Waals surface area contributed by atoms with Crippen molar-refractivity contribution in [3.05, 3.63) is 59.3 Å². The van der Waals surface area contributed by atoms with Crippen LogP contribution in [0.5, 0.6) is 0 Å². The van der Waals surface area contributed by atoms with Crippen molar-refractivity contribution in [3.63, 3.8) is 0 Å². The van der Waals surface area contributed by atoms with Crippen LogP contribution >= 0.6 is 11.6 Å². The van der Waals surface area contributed by atoms with Crippen molar-refractivity contribution in [1.82, 2.24) is 30.0 Å². The predicted molar refractivity (Wildman–Crippen MR) is 159 cm³/mol. The standard InChI is InChI=1S/C30H33ClFN7O2/c1-3-25(40)38-9-11-39(12-10-38)30-20-17-22(31)27(26-19(2)6-7-23-21(26)18-33-36-23)28(32)29(20)34-24(35-30)5-4-8-37-13-15-41-16-14-37/h3,6-7,17-18H,1,4-5,8-16H2,2H3,(H,33,36). The van der Waals surface area contributed by atoms with Crippen LogP contribution in [0.2, 0.25) is 5.02 Å². The maximum Gasteiger partial charge on any atom is 0.246 e. The molecule has 0 aliphatic carbocycles. The molecule has 2 saturated heterocycles. The van der Waals surface area contributed by atoms with Crippen LogP contribution in [0.1, 0.15) is 17.8 Å². The molecule has 0 radical (unpaired) electrons. The zero-order valence-corrected chi connectivity index (χ0v) is 23.9. The van der Waals surface area contributed by atoms with Gasteiger partial charge in [0.15, 0.2) is 5.82 Å². The largest absolute Gasteiger partial charge is 0.379 e. The van der Waals surface area contributed by atoms with E-state index in [0.29, 0.717) is 60.8 Å². The Balaban J connectivity index is 1.42. The minimum Gasteiger partial charge on any atom is -0.379 e. The van der Waals surface area contributed by atoms with Gasteiger partial charge in [-0.25, -0.2) is 14.4 Å². The van der Waals surface area contributed by atoms with Gasteiger partial charge >= 0.3 is 0 Å². The van der Waals surface area contributed by atoms with Crippen LogP contribution in [0.15, 0.2) is 37.1 Å². The van der Waals surface area contributed by atoms with Crippen molar-refractivity contribution in [2.24, 2.45) is 0 Å². The third-order valence-corrected chi connectivity index (χ3v) is 8.33. The van der Waals surface area contributed by atoms with Gasteiger partial charge in [0.2, 0.25) is 5.91 Å². The number of amides is 1. The molecule has 214 valence electrons. The van der Waals surface area contributed by atoms with Gasteiger partial charge in [-0.05, 0) is 43.7 Å². The maximum absolute atomic E-state index is 16.7. The van der Waals surface area contributed by atoms with Crippen LogP contribution in [0.4, 0.5) is 10.2 Å². The topological polar surface area (TPSA) is 90.5 Å². The molecule has 2 aliphatic rings. The summed E-state index contributed by atoms with van der Waals surface area (Å²) in [6, 6.07) is 5.64. The number of piperazine rings is 1. The lowest BCUT2D eigenvalue weighted by molar-refractivity contribution is -0.126. The van der Waals surface area contributed by atoms with Crippen LogP contribution in [0, 0.1) is 12.7 Å². The molecule has 41 heavy (non-hydrogen) atoms. The number of aryl methyl sites for hydroxylation is 2. The highest BCUT2D eigenvalue weighted by Gasteiger charge is 2.27. The smallest absolute Gasteiger partial charge is 0.246 e. The first-order valence-electron chi connectivity index (χ1n) is 14.0. The summed E-state index contributed by atoms with van der Waals surface area (Å²) in [5.74, 6) is 0.676. The average molecular weight is 578 g/mol. The van der Waals surface area contributed by atoms with E-state index in [1.54, 1.807) is 17.2 Å². The SMILES string of the molecule is C=CC(=O)N1CCN(c2nc(CCCN3CCOCC3)nc3c(F)c(-c4c(C)ccc5[nH]ncc45)c(Cl)cc23)CC1. The maximum atomic E-state index is 16.7. The molecule has 2 aliphatic heterocycles. The quantitative estimate of drug-likeness (QED) is 0.326. The lowest BCUT2D eigenvalue weighted by Crippen LogP contribution is -2.48. The van der Waals surface area contributed by atoms with E-state index in [1.165, 1.54) is 6.08 Å². The van der Waals surface area contributed by atoms with Crippen molar-refractivity contribution in [3.8, 4) is 11.1 Å². The Hall–Kier alpha value is -3.60. The number of nitrogens with one attached hydrogen (secondary N) is 1. The summed E-state index contributed by atoms with van der Waals surface area (Å²) in [7, 11) is 0. The Morgan fingerprint density at radius 2 is 1.90 bits per heavy atom. The van der Waals surface area contributed by atoms with Crippen molar-refractivity contribution in [2.75, 3.05) is 63.9 Å². The first kappa shape index (κ1) is 27.6. The van der Waals surface area contributed by atoms with Crippen LogP contribution in [-0.4, -0.2) is 94.9 Å². The number of aromatic nitrogens is 4. The van der Waals surface area contributed by atoms with Gasteiger partial charge in [-0.3, -0.25) is 14.8 Å². The molecule has 1 amide bonds. The normalized spacial score (nSPS) is 16.6. The second kappa shape index (κ2) is 11.7. The summed E-state index contributed by atoms with van der Waals surface area (Å²) in [6.07, 6.45) is 4.50. The summed E-state index contributed by atoms with van der Waals surface area (Å²) in [4.78, 5) is 28.1. The molecule has 4 heterocycles. The fourth-order valence-corrected chi connectivity index (χ4v) is 6.11. The van der Waals surface area contributed by atoms with Gasteiger partial charge in [-0.2, -0.15) is 5.10 Å². The third-order valence-electron chi connectivity index (χ3n) is 8.04. The highest BCUT2D eigenvalue weighted by Crippen LogP contribution is 2.42. The van der Waals surface area contributed by atoms with Crippen LogP contribution in [-0.2, 0) is 16.0 Å². The number of hydrogen-bond donors (Lipinski definition) is 1. The third kappa shape index (κ3) is 5.39. The van der Waals surface area contributed by atoms with Gasteiger partial charge in [0.25, 0.3) is 0 Å². The number of carbonyl (C=O) groups excluding carboxylic acids is 1. The molecule has 0 atom stereocenters. The highest BCUT2D eigenvalue weighted by atomic mass is 35.5. The van der Waals surface area contributed by atoms with Crippen molar-refractivity contribution in [1.29, 1.82) is 0 Å². The monoisotopic (exact) mass is 577 g/mol. The Kier molecular flexibility index (Phi) is 7.88. The lowest BCUT2D eigenvalue weighted by atomic mass is 9.95. The fourth-order valence-electron chi connectivity index (χ4n) is 5.82. The molecule has 6 rings (SSSR count). The molecule has 1 N–H and O–H groups in total. The van der Waals surface area contributed by atoms with Crippen LogP contribution in [0.3, 0.4) is 0 Å². The van der Waals surface area contributed by atoms with E-state index in [1.807, 2.05) is 19.1 Å². The molecule has 9 nitrogen and oxygen atoms in total. The Morgan fingerprint density at radius 3 is 2.66 bits per heavy atom. The van der Waals surface area contributed by atoms with Crippen LogP contribution in [0.25, 0.3) is 32.9 Å². The van der Waals surface area contributed by atoms with Crippen molar-refractivity contribution < 1.29 is 13.9 Å². The molecule has 2 fully saturated rings. The van der Waals surface area contributed by atoms with E-state index in [-0.39, 0.29) is 16.4 Å². The molecule has 0 unspecified atom stereocenters. The van der Waals surface area contributed by atoms with E-state index in [9.17, 15) is 4.79 Å². The Bertz CT molecular complexity index is 1610. The summed E-state index contributed by atoms with van der Waals surface area (Å²) in [6.45, 7) is 11.9. The summed E-state index contributed by atoms with van der Waals surface area (Å²) >= 11 is 6.86. The molecular formula is C30H33ClFN7O2. The van der Waals surface area contributed by atoms with E-state index < -0.39 is 5.82 Å². The average Bonchev–Trinajstić information content (AvgIpc) is 3.47. The summed E-state index contributed by atoms with van der Waals surface area (Å²) < 4.78 is 22.1. The molecule has 0 spiro atoms. The van der Waals surface area contributed by atoms with Gasteiger partial charge < -0.3 is 14.5 Å². The Labute approximate surface area is 242 Å². The number of rotatable bonds is 7. The van der Waals surface area contributed by atoms with E-state index in [2.05, 4.69) is 26.6 Å². The number of fused-ring (bicyclic) bond motifs is 2. The number of aromatic amines is 1. The molecule has 2 aromatic carbocycles. The first-order chi connectivity index (χ1) is 19.9. The number of anilines is 1. The number of carbonyl (C=O) groups is 1. The van der Waals surface area contributed by atoms with Gasteiger partial charge in [0, 0.05) is 67.6 Å². The number of nitrogens with zero attached hydrogens (tertiary/aromatic N) is 6. The second-order valence-corrected chi connectivity index (χ2v) is 11.0. The number of ether oxygens (including phenoxy) is 1. The lowest BCUT2D eigenvalue weighted by Gasteiger charge is -2.35. The van der Waals surface area contributed by atoms with Gasteiger partial charge in [0.05, 0.1) is 29.9 Å². The highest BCUT2D eigenvalue weighted by molar-refractivity contribution is 6.35. The number of hydrogen-bond acceptors (Lipinski definition) is 7. The van der Waals surface area contributed by atoms with Gasteiger partial charge in [0.1, 0.15) is 17.2 Å². The predicted octanol–water partition coefficient (Wildman–Crippen LogP) is 4.37. The molecule has 2 aromatic heterocycles. The summed E-state index contributed by atoms with van der Waals surface area (Å²) in [5, 5.41) is 8.79. The summed E-state index contributed by atoms with van der Waals surface area (Å²) in [5.41, 5.74) is 2.96. The molecule has 0 bridgehead atoms. The van der Waals surface area contributed by atoms with Crippen molar-refractivity contribution >= 4 is 45.1 Å². The fraction of sp³-hybridized carbons (Fsp3) is 0.400. The molecular weight excluding hydrogens is 545 g/mol. The number of benzene rings is 2. The van der Waals surface area contributed by atoms with Crippen LogP contribution < -0.4 is 4.90 Å².